The predicted octanol–water partition coefficient (Wildman–Crippen LogP) is 2.21. The molecule has 0 heterocycles. The van der Waals surface area contributed by atoms with Crippen molar-refractivity contribution < 1.29 is 29.2 Å². The average molecular weight is 437 g/mol. The number of rotatable bonds is 6. The summed E-state index contributed by atoms with van der Waals surface area (Å²) in [6.07, 6.45) is 4.66. The highest BCUT2D eigenvalue weighted by Gasteiger charge is 2.47. The van der Waals surface area contributed by atoms with Crippen molar-refractivity contribution >= 4 is 28.7 Å². The largest absolute Gasteiger partial charge is 0.872 e. The number of ketones is 3. The number of hydrogen-bond donors (Lipinski definition) is 1. The molecule has 0 bridgehead atoms. The van der Waals surface area contributed by atoms with Gasteiger partial charge in [0.1, 0.15) is 24.8 Å². The van der Waals surface area contributed by atoms with E-state index >= 15 is 0 Å². The Kier molecular flexibility index (Phi) is 6.77. The third-order valence-electron chi connectivity index (χ3n) is 6.04. The minimum atomic E-state index is -1.47. The fourth-order valence-electron chi connectivity index (χ4n) is 4.23. The van der Waals surface area contributed by atoms with Gasteiger partial charge in [-0.15, -0.1) is 5.75 Å². The lowest BCUT2D eigenvalue weighted by molar-refractivity contribution is -0.519. The topological polar surface area (TPSA) is 101 Å². The second-order valence-electron chi connectivity index (χ2n) is 7.63. The van der Waals surface area contributed by atoms with E-state index in [4.69, 9.17) is 0 Å². The van der Waals surface area contributed by atoms with E-state index in [1.807, 2.05) is 37.2 Å². The van der Waals surface area contributed by atoms with Gasteiger partial charge >= 0.3 is 0 Å². The molecule has 0 saturated heterocycles. The van der Waals surface area contributed by atoms with Gasteiger partial charge in [0.15, 0.2) is 5.78 Å². The number of anilines is 1. The number of carbonyl (C=O) groups is 3. The van der Waals surface area contributed by atoms with E-state index in [0.717, 1.165) is 18.8 Å². The third kappa shape index (κ3) is 3.90. The predicted molar refractivity (Wildman–Crippen MR) is 120 cm³/mol. The molecular formula is C25H28N2O5. The molecule has 3 rings (SSSR count). The number of allylic oxidation sites excluding steroid dienone is 4. The molecule has 0 aromatic heterocycles. The molecule has 1 aromatic carbocycles. The summed E-state index contributed by atoms with van der Waals surface area (Å²) in [6.45, 7) is 10.7. The van der Waals surface area contributed by atoms with Gasteiger partial charge in [0.05, 0.1) is 11.6 Å². The molecule has 0 spiro atoms. The van der Waals surface area contributed by atoms with Gasteiger partial charge in [0.25, 0.3) is 0 Å². The molecule has 168 valence electrons. The van der Waals surface area contributed by atoms with Gasteiger partial charge in [0, 0.05) is 30.4 Å². The van der Waals surface area contributed by atoms with Crippen molar-refractivity contribution in [2.75, 3.05) is 31.1 Å². The number of aliphatic hydroxyl groups is 1. The maximum Gasteiger partial charge on any atom is 0.234 e. The Hall–Kier alpha value is -3.48. The summed E-state index contributed by atoms with van der Waals surface area (Å²) in [6, 6.07) is 4.53. The van der Waals surface area contributed by atoms with Crippen LogP contribution in [0.2, 0.25) is 0 Å². The number of aliphatic hydroxyl groups excluding tert-OH is 1. The Labute approximate surface area is 187 Å². The summed E-state index contributed by atoms with van der Waals surface area (Å²) in [7, 11) is 0. The van der Waals surface area contributed by atoms with Gasteiger partial charge in [-0.1, -0.05) is 6.07 Å². The van der Waals surface area contributed by atoms with Crippen LogP contribution in [0, 0.1) is 0 Å². The quantitative estimate of drug-likeness (QED) is 0.241. The third-order valence-corrected chi connectivity index (χ3v) is 6.04. The van der Waals surface area contributed by atoms with E-state index in [1.165, 1.54) is 24.3 Å². The Morgan fingerprint density at radius 1 is 1.00 bits per heavy atom. The van der Waals surface area contributed by atoms with E-state index < -0.39 is 29.0 Å². The smallest absolute Gasteiger partial charge is 0.234 e. The monoisotopic (exact) mass is 436 g/mol. The molecule has 1 N–H and O–H groups in total. The van der Waals surface area contributed by atoms with Crippen LogP contribution in [0.25, 0.3) is 0 Å². The molecule has 2 aliphatic carbocycles. The molecule has 7 heteroatoms. The fourth-order valence-corrected chi connectivity index (χ4v) is 4.23. The van der Waals surface area contributed by atoms with Gasteiger partial charge < -0.3 is 15.1 Å². The van der Waals surface area contributed by atoms with Crippen molar-refractivity contribution in [3.8, 4) is 5.75 Å². The standard InChI is InChI=1S/C25H28N2O5/c1-5-26(6-2)15-9-11-17(19(28)13-15)21-23(30)22(25(32)24(21)31)18-12-10-16(14-20(18)29)27(7-3)8-4/h9-14,21,28H,5-8H2,1-4H3/b22-18-. The highest BCUT2D eigenvalue weighted by molar-refractivity contribution is 6.61. The molecule has 0 aliphatic heterocycles. The van der Waals surface area contributed by atoms with Crippen LogP contribution in [-0.2, 0) is 14.4 Å². The molecule has 1 aromatic rings. The zero-order chi connectivity index (χ0) is 23.6. The van der Waals surface area contributed by atoms with Gasteiger partial charge in [-0.05, 0) is 51.5 Å². The van der Waals surface area contributed by atoms with Crippen molar-refractivity contribution in [2.24, 2.45) is 0 Å². The summed E-state index contributed by atoms with van der Waals surface area (Å²) in [5, 5.41) is 23.3. The lowest BCUT2D eigenvalue weighted by Gasteiger charge is -2.25. The molecule has 0 amide bonds. The second kappa shape index (κ2) is 9.34. The maximum atomic E-state index is 13.1. The molecule has 1 fully saturated rings. The summed E-state index contributed by atoms with van der Waals surface area (Å²) in [5.41, 5.74) is 1.07. The lowest BCUT2D eigenvalue weighted by atomic mass is 9.92. The van der Waals surface area contributed by atoms with Gasteiger partial charge in [-0.3, -0.25) is 14.4 Å². The van der Waals surface area contributed by atoms with Crippen LogP contribution in [-0.4, -0.2) is 58.9 Å². The normalized spacial score (nSPS) is 20.8. The van der Waals surface area contributed by atoms with Crippen LogP contribution in [0.5, 0.6) is 5.75 Å². The molecule has 32 heavy (non-hydrogen) atoms. The van der Waals surface area contributed by atoms with Gasteiger partial charge in [0.2, 0.25) is 17.3 Å². The molecule has 1 unspecified atom stereocenters. The Balaban J connectivity index is 2.04. The average Bonchev–Trinajstić information content (AvgIpc) is 2.99. The van der Waals surface area contributed by atoms with E-state index in [0.29, 0.717) is 18.8 Å². The fraction of sp³-hybridized carbons (Fsp3) is 0.360. The van der Waals surface area contributed by atoms with Gasteiger partial charge in [-0.25, -0.2) is 4.58 Å². The van der Waals surface area contributed by atoms with Crippen LogP contribution in [0.15, 0.2) is 53.3 Å². The van der Waals surface area contributed by atoms with Crippen molar-refractivity contribution in [2.45, 2.75) is 33.6 Å². The Morgan fingerprint density at radius 2 is 1.66 bits per heavy atom. The first-order valence-corrected chi connectivity index (χ1v) is 10.9. The zero-order valence-corrected chi connectivity index (χ0v) is 18.8. The molecule has 7 nitrogen and oxygen atoms in total. The van der Waals surface area contributed by atoms with Crippen molar-refractivity contribution in [3.05, 3.63) is 58.9 Å². The van der Waals surface area contributed by atoms with Crippen molar-refractivity contribution in [1.82, 2.24) is 0 Å². The number of nitrogens with zero attached hydrogens (tertiary/aromatic N) is 2. The van der Waals surface area contributed by atoms with Crippen LogP contribution >= 0.6 is 0 Å². The minimum absolute atomic E-state index is 0.0129. The first-order valence-electron chi connectivity index (χ1n) is 10.9. The number of benzene rings is 1. The number of Topliss-reactive ketones (excluding diaryl/α,β-unsaturated/α-hetero) is 3. The highest BCUT2D eigenvalue weighted by Crippen LogP contribution is 2.38. The second-order valence-corrected chi connectivity index (χ2v) is 7.63. The first-order chi connectivity index (χ1) is 15.3. The first kappa shape index (κ1) is 23.2. The molecule has 0 radical (unpaired) electrons. The summed E-state index contributed by atoms with van der Waals surface area (Å²) >= 11 is 0. The van der Waals surface area contributed by atoms with Crippen LogP contribution < -0.4 is 10.0 Å². The van der Waals surface area contributed by atoms with E-state index in [-0.39, 0.29) is 22.5 Å². The summed E-state index contributed by atoms with van der Waals surface area (Å²) in [5.74, 6) is -4.85. The molecule has 2 aliphatic rings. The molecule has 1 saturated carbocycles. The Morgan fingerprint density at radius 3 is 2.19 bits per heavy atom. The van der Waals surface area contributed by atoms with Crippen molar-refractivity contribution in [3.63, 3.8) is 0 Å². The SMILES string of the molecule is CCN(CC)c1ccc(C2C(=O)C(=O)/C(=C3/C=CC(=[N+](CC)CC)C=C3O)C2=O)c([O-])c1. The van der Waals surface area contributed by atoms with E-state index in [9.17, 15) is 24.6 Å². The van der Waals surface area contributed by atoms with Crippen LogP contribution in [0.1, 0.15) is 39.2 Å². The highest BCUT2D eigenvalue weighted by atomic mass is 16.3. The minimum Gasteiger partial charge on any atom is -0.872 e. The van der Waals surface area contributed by atoms with Crippen LogP contribution in [0.3, 0.4) is 0 Å². The van der Waals surface area contributed by atoms with E-state index in [1.54, 1.807) is 12.1 Å². The summed E-state index contributed by atoms with van der Waals surface area (Å²) in [4.78, 5) is 40.6. The zero-order valence-electron chi connectivity index (χ0n) is 18.8. The summed E-state index contributed by atoms with van der Waals surface area (Å²) < 4.78 is 2.00. The Bertz CT molecular complexity index is 1100. The number of hydrogen-bond acceptors (Lipinski definition) is 6. The van der Waals surface area contributed by atoms with Gasteiger partial charge in [-0.2, -0.15) is 0 Å². The van der Waals surface area contributed by atoms with E-state index in [2.05, 4.69) is 0 Å². The number of carbonyl (C=O) groups excluding carboxylic acids is 3. The van der Waals surface area contributed by atoms with Crippen molar-refractivity contribution in [1.29, 1.82) is 0 Å². The lowest BCUT2D eigenvalue weighted by Crippen LogP contribution is -2.22. The maximum absolute atomic E-state index is 13.1. The molecular weight excluding hydrogens is 408 g/mol. The van der Waals surface area contributed by atoms with Crippen LogP contribution in [0.4, 0.5) is 5.69 Å². The molecule has 1 atom stereocenters.